The van der Waals surface area contributed by atoms with Gasteiger partial charge in [-0.25, -0.2) is 0 Å². The standard InChI is InChI=1S/C14H26N2O4/c1-14(2,3)9-15-11-4-10(5-12(17)18)6-16(7-11)8-13(19)20/h10-11,15H,4-9H2,1-3H3,(H,17,18)(H,19,20). The van der Waals surface area contributed by atoms with Crippen molar-refractivity contribution in [1.29, 1.82) is 0 Å². The molecule has 0 aromatic heterocycles. The van der Waals surface area contributed by atoms with Gasteiger partial charge in [0.05, 0.1) is 6.54 Å². The van der Waals surface area contributed by atoms with Crippen molar-refractivity contribution in [1.82, 2.24) is 10.2 Å². The van der Waals surface area contributed by atoms with Crippen LogP contribution in [-0.2, 0) is 9.59 Å². The van der Waals surface area contributed by atoms with E-state index < -0.39 is 11.9 Å². The average molecular weight is 286 g/mol. The molecule has 1 fully saturated rings. The van der Waals surface area contributed by atoms with Crippen LogP contribution in [0.5, 0.6) is 0 Å². The van der Waals surface area contributed by atoms with E-state index >= 15 is 0 Å². The number of aliphatic carboxylic acids is 2. The molecule has 0 aromatic carbocycles. The van der Waals surface area contributed by atoms with Crippen LogP contribution in [0.3, 0.4) is 0 Å². The van der Waals surface area contributed by atoms with Crippen molar-refractivity contribution < 1.29 is 19.8 Å². The summed E-state index contributed by atoms with van der Waals surface area (Å²) in [6.45, 7) is 8.42. The van der Waals surface area contributed by atoms with Gasteiger partial charge in [0.15, 0.2) is 0 Å². The summed E-state index contributed by atoms with van der Waals surface area (Å²) >= 11 is 0. The highest BCUT2D eigenvalue weighted by Gasteiger charge is 2.30. The summed E-state index contributed by atoms with van der Waals surface area (Å²) in [4.78, 5) is 23.5. The second-order valence-corrected chi connectivity index (χ2v) is 6.93. The second kappa shape index (κ2) is 7.04. The minimum absolute atomic E-state index is 0.0121. The molecule has 6 nitrogen and oxygen atoms in total. The van der Waals surface area contributed by atoms with Gasteiger partial charge >= 0.3 is 11.9 Å². The molecular weight excluding hydrogens is 260 g/mol. The summed E-state index contributed by atoms with van der Waals surface area (Å²) < 4.78 is 0. The first-order valence-corrected chi connectivity index (χ1v) is 7.05. The Balaban J connectivity index is 2.59. The van der Waals surface area contributed by atoms with E-state index in [1.807, 2.05) is 4.90 Å². The van der Waals surface area contributed by atoms with Crippen LogP contribution in [0.2, 0.25) is 0 Å². The van der Waals surface area contributed by atoms with Crippen molar-refractivity contribution in [2.45, 2.75) is 39.7 Å². The van der Waals surface area contributed by atoms with Crippen LogP contribution in [0.1, 0.15) is 33.6 Å². The predicted molar refractivity (Wildman–Crippen MR) is 75.7 cm³/mol. The van der Waals surface area contributed by atoms with E-state index in [0.717, 1.165) is 13.0 Å². The van der Waals surface area contributed by atoms with Gasteiger partial charge in [-0.15, -0.1) is 0 Å². The van der Waals surface area contributed by atoms with E-state index in [-0.39, 0.29) is 30.3 Å². The molecule has 6 heteroatoms. The third-order valence-corrected chi connectivity index (χ3v) is 3.36. The number of likely N-dealkylation sites (tertiary alicyclic amines) is 1. The van der Waals surface area contributed by atoms with E-state index in [0.29, 0.717) is 13.1 Å². The highest BCUT2D eigenvalue weighted by atomic mass is 16.4. The van der Waals surface area contributed by atoms with Gasteiger partial charge in [-0.1, -0.05) is 20.8 Å². The molecule has 2 atom stereocenters. The lowest BCUT2D eigenvalue weighted by Crippen LogP contribution is -2.52. The zero-order valence-corrected chi connectivity index (χ0v) is 12.6. The van der Waals surface area contributed by atoms with Crippen LogP contribution in [0, 0.1) is 11.3 Å². The largest absolute Gasteiger partial charge is 0.481 e. The predicted octanol–water partition coefficient (Wildman–Crippen LogP) is 0.872. The summed E-state index contributed by atoms with van der Waals surface area (Å²) in [5.74, 6) is -1.67. The molecular formula is C14H26N2O4. The molecule has 0 spiro atoms. The molecule has 1 rings (SSSR count). The van der Waals surface area contributed by atoms with Crippen LogP contribution in [0.4, 0.5) is 0 Å². The van der Waals surface area contributed by atoms with Crippen LogP contribution in [0.15, 0.2) is 0 Å². The third kappa shape index (κ3) is 6.86. The monoisotopic (exact) mass is 286 g/mol. The van der Waals surface area contributed by atoms with Crippen molar-refractivity contribution in [2.24, 2.45) is 11.3 Å². The number of rotatable bonds is 6. The van der Waals surface area contributed by atoms with Gasteiger partial charge in [-0.2, -0.15) is 0 Å². The Bertz CT molecular complexity index is 328. The Morgan fingerprint density at radius 2 is 1.85 bits per heavy atom. The Kier molecular flexibility index (Phi) is 5.95. The van der Waals surface area contributed by atoms with Crippen LogP contribution < -0.4 is 5.32 Å². The molecule has 0 aliphatic carbocycles. The first-order chi connectivity index (χ1) is 9.15. The van der Waals surface area contributed by atoms with Crippen LogP contribution in [-0.4, -0.2) is 59.3 Å². The maximum atomic E-state index is 10.9. The number of carboxylic acid groups (broad SMARTS) is 2. The molecule has 0 bridgehead atoms. The first-order valence-electron chi connectivity index (χ1n) is 7.05. The number of hydrogen-bond donors (Lipinski definition) is 3. The average Bonchev–Trinajstić information content (AvgIpc) is 2.23. The fourth-order valence-corrected chi connectivity index (χ4v) is 2.62. The molecule has 1 aliphatic heterocycles. The second-order valence-electron chi connectivity index (χ2n) is 6.93. The summed E-state index contributed by atoms with van der Waals surface area (Å²) in [5.41, 5.74) is 0.150. The fourth-order valence-electron chi connectivity index (χ4n) is 2.62. The number of piperidine rings is 1. The number of carbonyl (C=O) groups is 2. The summed E-state index contributed by atoms with van der Waals surface area (Å²) in [5, 5.41) is 21.3. The fraction of sp³-hybridized carbons (Fsp3) is 0.857. The van der Waals surface area contributed by atoms with Crippen LogP contribution >= 0.6 is 0 Å². The molecule has 1 saturated heterocycles. The lowest BCUT2D eigenvalue weighted by molar-refractivity contribution is -0.139. The number of carboxylic acids is 2. The number of nitrogens with zero attached hydrogens (tertiary/aromatic N) is 1. The smallest absolute Gasteiger partial charge is 0.317 e. The van der Waals surface area contributed by atoms with Crippen molar-refractivity contribution >= 4 is 11.9 Å². The molecule has 1 aliphatic rings. The van der Waals surface area contributed by atoms with Gasteiger partial charge in [0.2, 0.25) is 0 Å². The first kappa shape index (κ1) is 16.9. The highest BCUT2D eigenvalue weighted by molar-refractivity contribution is 5.69. The van der Waals surface area contributed by atoms with Gasteiger partial charge in [0, 0.05) is 32.1 Å². The zero-order chi connectivity index (χ0) is 15.3. The van der Waals surface area contributed by atoms with Gasteiger partial charge in [-0.3, -0.25) is 14.5 Å². The lowest BCUT2D eigenvalue weighted by Gasteiger charge is -2.38. The maximum Gasteiger partial charge on any atom is 0.317 e. The normalized spacial score (nSPS) is 24.6. The molecule has 0 amide bonds. The summed E-state index contributed by atoms with van der Waals surface area (Å²) in [7, 11) is 0. The molecule has 2 unspecified atom stereocenters. The summed E-state index contributed by atoms with van der Waals surface area (Å²) in [6, 6.07) is 0.159. The SMILES string of the molecule is CC(C)(C)CNC1CC(CC(=O)O)CN(CC(=O)O)C1. The zero-order valence-electron chi connectivity index (χ0n) is 12.6. The molecule has 0 saturated carbocycles. The van der Waals surface area contributed by atoms with E-state index in [4.69, 9.17) is 10.2 Å². The maximum absolute atomic E-state index is 10.9. The number of nitrogens with one attached hydrogen (secondary N) is 1. The van der Waals surface area contributed by atoms with E-state index in [1.165, 1.54) is 0 Å². The molecule has 116 valence electrons. The Morgan fingerprint density at radius 1 is 1.20 bits per heavy atom. The van der Waals surface area contributed by atoms with Crippen molar-refractivity contribution in [3.05, 3.63) is 0 Å². The Hall–Kier alpha value is -1.14. The van der Waals surface area contributed by atoms with Gasteiger partial charge in [0.25, 0.3) is 0 Å². The Labute approximate surface area is 120 Å². The van der Waals surface area contributed by atoms with Crippen molar-refractivity contribution in [3.63, 3.8) is 0 Å². The van der Waals surface area contributed by atoms with Crippen molar-refractivity contribution in [2.75, 3.05) is 26.2 Å². The topological polar surface area (TPSA) is 89.9 Å². The summed E-state index contributed by atoms with van der Waals surface area (Å²) in [6.07, 6.45) is 0.891. The Morgan fingerprint density at radius 3 is 2.35 bits per heavy atom. The molecule has 1 heterocycles. The van der Waals surface area contributed by atoms with Crippen molar-refractivity contribution in [3.8, 4) is 0 Å². The van der Waals surface area contributed by atoms with E-state index in [9.17, 15) is 9.59 Å². The lowest BCUT2D eigenvalue weighted by atomic mass is 9.90. The molecule has 0 aromatic rings. The third-order valence-electron chi connectivity index (χ3n) is 3.36. The van der Waals surface area contributed by atoms with Crippen LogP contribution in [0.25, 0.3) is 0 Å². The molecule has 3 N–H and O–H groups in total. The molecule has 0 radical (unpaired) electrons. The highest BCUT2D eigenvalue weighted by Crippen LogP contribution is 2.21. The quantitative estimate of drug-likeness (QED) is 0.671. The van der Waals surface area contributed by atoms with Gasteiger partial charge in [-0.05, 0) is 17.8 Å². The number of hydrogen-bond acceptors (Lipinski definition) is 4. The molecule has 20 heavy (non-hydrogen) atoms. The van der Waals surface area contributed by atoms with E-state index in [1.54, 1.807) is 0 Å². The van der Waals surface area contributed by atoms with Gasteiger partial charge in [0.1, 0.15) is 0 Å². The minimum Gasteiger partial charge on any atom is -0.481 e. The van der Waals surface area contributed by atoms with E-state index in [2.05, 4.69) is 26.1 Å². The minimum atomic E-state index is -0.865. The van der Waals surface area contributed by atoms with Gasteiger partial charge < -0.3 is 15.5 Å².